The first-order valence-corrected chi connectivity index (χ1v) is 9.90. The van der Waals surface area contributed by atoms with Gasteiger partial charge in [0.15, 0.2) is 0 Å². The lowest BCUT2D eigenvalue weighted by atomic mass is 9.97. The highest BCUT2D eigenvalue weighted by molar-refractivity contribution is 5.89. The van der Waals surface area contributed by atoms with E-state index in [4.69, 9.17) is 9.47 Å². The number of hydrogen-bond acceptors (Lipinski definition) is 3. The normalized spacial score (nSPS) is 10.7. The Morgan fingerprint density at radius 2 is 1.55 bits per heavy atom. The first-order valence-electron chi connectivity index (χ1n) is 9.90. The summed E-state index contributed by atoms with van der Waals surface area (Å²) in [6.07, 6.45) is 1.30. The lowest BCUT2D eigenvalue weighted by Crippen LogP contribution is -2.14. The molecule has 0 amide bonds. The summed E-state index contributed by atoms with van der Waals surface area (Å²) in [5, 5.41) is 0. The maximum atomic E-state index is 13.5. The minimum Gasteiger partial charge on any atom is -0.497 e. The molecule has 0 saturated heterocycles. The monoisotopic (exact) mass is 415 g/mol. The minimum absolute atomic E-state index is 0.182. The van der Waals surface area contributed by atoms with E-state index in [-0.39, 0.29) is 12.4 Å². The van der Waals surface area contributed by atoms with Crippen LogP contribution in [-0.4, -0.2) is 17.8 Å². The van der Waals surface area contributed by atoms with Crippen molar-refractivity contribution in [3.05, 3.63) is 102 Å². The molecule has 0 atom stereocenters. The standard InChI is InChI=1S/C26H22FNO3/c1-18-25(21-8-12-22(27)13-9-21)24(20-10-14-23(30-2)15-11-20)16-28(18)26(29)31-17-19-6-4-3-5-7-19/h3-16H,17H2,1-2H3. The van der Waals surface area contributed by atoms with Gasteiger partial charge in [-0.15, -0.1) is 0 Å². The smallest absolute Gasteiger partial charge is 0.418 e. The Morgan fingerprint density at radius 3 is 2.19 bits per heavy atom. The molecule has 0 saturated carbocycles. The number of hydrogen-bond donors (Lipinski definition) is 0. The number of nitrogens with zero attached hydrogens (tertiary/aromatic N) is 1. The number of ether oxygens (including phenoxy) is 2. The van der Waals surface area contributed by atoms with Gasteiger partial charge in [-0.2, -0.15) is 0 Å². The van der Waals surface area contributed by atoms with Gasteiger partial charge < -0.3 is 9.47 Å². The number of benzene rings is 3. The van der Waals surface area contributed by atoms with Crippen LogP contribution in [0.5, 0.6) is 5.75 Å². The molecule has 156 valence electrons. The lowest BCUT2D eigenvalue weighted by molar-refractivity contribution is 0.141. The van der Waals surface area contributed by atoms with E-state index in [1.54, 1.807) is 25.4 Å². The molecular formula is C26H22FNO3. The van der Waals surface area contributed by atoms with E-state index in [0.29, 0.717) is 0 Å². The second-order valence-electron chi connectivity index (χ2n) is 7.15. The van der Waals surface area contributed by atoms with Crippen molar-refractivity contribution in [3.8, 4) is 28.0 Å². The maximum absolute atomic E-state index is 13.5. The van der Waals surface area contributed by atoms with Gasteiger partial charge in [0.2, 0.25) is 0 Å². The largest absolute Gasteiger partial charge is 0.497 e. The van der Waals surface area contributed by atoms with Crippen molar-refractivity contribution in [2.24, 2.45) is 0 Å². The molecule has 0 bridgehead atoms. The molecule has 0 spiro atoms. The Hall–Kier alpha value is -3.86. The van der Waals surface area contributed by atoms with Gasteiger partial charge in [0.05, 0.1) is 7.11 Å². The van der Waals surface area contributed by atoms with E-state index in [1.807, 2.05) is 61.5 Å². The molecule has 0 aliphatic rings. The molecular weight excluding hydrogens is 393 g/mol. The van der Waals surface area contributed by atoms with Crippen LogP contribution in [0.1, 0.15) is 11.3 Å². The second-order valence-corrected chi connectivity index (χ2v) is 7.15. The fourth-order valence-corrected chi connectivity index (χ4v) is 3.55. The summed E-state index contributed by atoms with van der Waals surface area (Å²) < 4.78 is 25.8. The van der Waals surface area contributed by atoms with Gasteiger partial charge in [-0.25, -0.2) is 9.18 Å². The second kappa shape index (κ2) is 8.88. The number of carbonyl (C=O) groups excluding carboxylic acids is 1. The summed E-state index contributed by atoms with van der Waals surface area (Å²) in [6, 6.07) is 23.4. The quantitative estimate of drug-likeness (QED) is 0.375. The van der Waals surface area contributed by atoms with E-state index in [1.165, 1.54) is 16.7 Å². The summed E-state index contributed by atoms with van der Waals surface area (Å²) in [6.45, 7) is 2.04. The van der Waals surface area contributed by atoms with Crippen LogP contribution in [0.2, 0.25) is 0 Å². The minimum atomic E-state index is -0.468. The molecule has 31 heavy (non-hydrogen) atoms. The van der Waals surface area contributed by atoms with Crippen molar-refractivity contribution in [2.45, 2.75) is 13.5 Å². The summed E-state index contributed by atoms with van der Waals surface area (Å²) in [7, 11) is 1.61. The summed E-state index contributed by atoms with van der Waals surface area (Å²) >= 11 is 0. The molecule has 0 fully saturated rings. The molecule has 0 N–H and O–H groups in total. The highest BCUT2D eigenvalue weighted by Gasteiger charge is 2.20. The molecule has 0 aliphatic heterocycles. The average Bonchev–Trinajstić information content (AvgIpc) is 3.16. The fourth-order valence-electron chi connectivity index (χ4n) is 3.55. The fraction of sp³-hybridized carbons (Fsp3) is 0.115. The molecule has 1 aromatic heterocycles. The Balaban J connectivity index is 1.74. The third kappa shape index (κ3) is 4.36. The number of aromatic nitrogens is 1. The van der Waals surface area contributed by atoms with Gasteiger partial charge in [-0.05, 0) is 47.9 Å². The Kier molecular flexibility index (Phi) is 5.85. The molecule has 1 heterocycles. The van der Waals surface area contributed by atoms with Gasteiger partial charge in [0.25, 0.3) is 0 Å². The van der Waals surface area contributed by atoms with Gasteiger partial charge >= 0.3 is 6.09 Å². The zero-order valence-electron chi connectivity index (χ0n) is 17.3. The topological polar surface area (TPSA) is 40.5 Å². The third-order valence-corrected chi connectivity index (χ3v) is 5.19. The van der Waals surface area contributed by atoms with Crippen molar-refractivity contribution < 1.29 is 18.7 Å². The summed E-state index contributed by atoms with van der Waals surface area (Å²) in [5.74, 6) is 0.430. The van der Waals surface area contributed by atoms with Gasteiger partial charge in [0, 0.05) is 23.0 Å². The molecule has 4 aromatic rings. The lowest BCUT2D eigenvalue weighted by Gasteiger charge is -2.09. The molecule has 4 nitrogen and oxygen atoms in total. The Labute approximate surface area is 180 Å². The van der Waals surface area contributed by atoms with Crippen LogP contribution < -0.4 is 4.74 Å². The number of rotatable bonds is 5. The number of halogens is 1. The number of methoxy groups -OCH3 is 1. The van der Waals surface area contributed by atoms with Gasteiger partial charge in [0.1, 0.15) is 18.2 Å². The SMILES string of the molecule is COc1ccc(-c2cn(C(=O)OCc3ccccc3)c(C)c2-c2ccc(F)cc2)cc1. The third-order valence-electron chi connectivity index (χ3n) is 5.19. The van der Waals surface area contributed by atoms with E-state index in [2.05, 4.69) is 0 Å². The molecule has 3 aromatic carbocycles. The molecule has 0 unspecified atom stereocenters. The molecule has 0 aliphatic carbocycles. The predicted octanol–water partition coefficient (Wildman–Crippen LogP) is 6.46. The Bertz CT molecular complexity index is 1180. The van der Waals surface area contributed by atoms with E-state index in [9.17, 15) is 9.18 Å². The van der Waals surface area contributed by atoms with Crippen LogP contribution in [0.3, 0.4) is 0 Å². The summed E-state index contributed by atoms with van der Waals surface area (Å²) in [4.78, 5) is 12.9. The van der Waals surface area contributed by atoms with Crippen molar-refractivity contribution >= 4 is 6.09 Å². The first-order chi connectivity index (χ1) is 15.1. The van der Waals surface area contributed by atoms with Crippen molar-refractivity contribution in [1.82, 2.24) is 4.57 Å². The van der Waals surface area contributed by atoms with Crippen molar-refractivity contribution in [3.63, 3.8) is 0 Å². The molecule has 4 rings (SSSR count). The van der Waals surface area contributed by atoms with Crippen LogP contribution in [-0.2, 0) is 11.3 Å². The van der Waals surface area contributed by atoms with E-state index in [0.717, 1.165) is 39.3 Å². The van der Waals surface area contributed by atoms with E-state index < -0.39 is 6.09 Å². The van der Waals surface area contributed by atoms with Gasteiger partial charge in [-0.3, -0.25) is 4.57 Å². The van der Waals surface area contributed by atoms with Crippen LogP contribution in [0, 0.1) is 12.7 Å². The average molecular weight is 415 g/mol. The zero-order valence-corrected chi connectivity index (χ0v) is 17.3. The first kappa shape index (κ1) is 20.4. The highest BCUT2D eigenvalue weighted by atomic mass is 19.1. The summed E-state index contributed by atoms with van der Waals surface area (Å²) in [5.41, 5.74) is 5.06. The van der Waals surface area contributed by atoms with Gasteiger partial charge in [-0.1, -0.05) is 54.6 Å². The van der Waals surface area contributed by atoms with E-state index >= 15 is 0 Å². The van der Waals surface area contributed by atoms with Crippen LogP contribution >= 0.6 is 0 Å². The van der Waals surface area contributed by atoms with Crippen LogP contribution in [0.4, 0.5) is 9.18 Å². The molecule has 5 heteroatoms. The van der Waals surface area contributed by atoms with Crippen molar-refractivity contribution in [1.29, 1.82) is 0 Å². The van der Waals surface area contributed by atoms with Crippen LogP contribution in [0.25, 0.3) is 22.3 Å². The highest BCUT2D eigenvalue weighted by Crippen LogP contribution is 2.37. The zero-order chi connectivity index (χ0) is 21.8. The number of carbonyl (C=O) groups is 1. The van der Waals surface area contributed by atoms with Crippen molar-refractivity contribution in [2.75, 3.05) is 7.11 Å². The molecule has 0 radical (unpaired) electrons. The Morgan fingerprint density at radius 1 is 0.903 bits per heavy atom. The maximum Gasteiger partial charge on any atom is 0.418 e. The predicted molar refractivity (Wildman–Crippen MR) is 119 cm³/mol. The van der Waals surface area contributed by atoms with Crippen LogP contribution in [0.15, 0.2) is 85.1 Å².